The van der Waals surface area contributed by atoms with Gasteiger partial charge in [-0.1, -0.05) is 6.07 Å². The predicted octanol–water partition coefficient (Wildman–Crippen LogP) is 1.05. The molecule has 8 heteroatoms. The van der Waals surface area contributed by atoms with Crippen molar-refractivity contribution in [2.75, 3.05) is 26.0 Å². The second kappa shape index (κ2) is 6.35. The molecular formula is C13H17F2NO4S. The SMILES string of the molecule is COCCS(=O)(=O)N1C[C@H](O)C[C@H]1c1ccc(F)c(F)c1. The molecule has 0 aliphatic carbocycles. The number of ether oxygens (including phenoxy) is 1. The maximum atomic E-state index is 13.3. The van der Waals surface area contributed by atoms with Gasteiger partial charge in [0.2, 0.25) is 10.0 Å². The minimum Gasteiger partial charge on any atom is -0.392 e. The van der Waals surface area contributed by atoms with Gasteiger partial charge in [-0.15, -0.1) is 0 Å². The Labute approximate surface area is 122 Å². The topological polar surface area (TPSA) is 66.8 Å². The number of sulfonamides is 1. The summed E-state index contributed by atoms with van der Waals surface area (Å²) >= 11 is 0. The fraction of sp³-hybridized carbons (Fsp3) is 0.538. The first-order valence-corrected chi connectivity index (χ1v) is 8.07. The molecule has 1 N–H and O–H groups in total. The molecule has 1 saturated heterocycles. The fourth-order valence-electron chi connectivity index (χ4n) is 2.42. The average Bonchev–Trinajstić information content (AvgIpc) is 2.82. The molecule has 0 aromatic heterocycles. The smallest absolute Gasteiger partial charge is 0.217 e. The Bertz CT molecular complexity index is 608. The van der Waals surface area contributed by atoms with Gasteiger partial charge < -0.3 is 9.84 Å². The van der Waals surface area contributed by atoms with Crippen molar-refractivity contribution in [2.24, 2.45) is 0 Å². The largest absolute Gasteiger partial charge is 0.392 e. The minimum absolute atomic E-state index is 0.0272. The summed E-state index contributed by atoms with van der Waals surface area (Å²) in [6.45, 7) is -0.0326. The third kappa shape index (κ3) is 3.57. The molecule has 1 aromatic carbocycles. The van der Waals surface area contributed by atoms with Gasteiger partial charge in [0.25, 0.3) is 0 Å². The van der Waals surface area contributed by atoms with Gasteiger partial charge in [0.1, 0.15) is 0 Å². The molecule has 1 aromatic rings. The Kier molecular flexibility index (Phi) is 4.92. The first-order chi connectivity index (χ1) is 9.85. The first kappa shape index (κ1) is 16.3. The van der Waals surface area contributed by atoms with Crippen LogP contribution in [0, 0.1) is 11.6 Å². The highest BCUT2D eigenvalue weighted by Gasteiger charge is 2.39. The molecule has 0 unspecified atom stereocenters. The highest BCUT2D eigenvalue weighted by Crippen LogP contribution is 2.35. The van der Waals surface area contributed by atoms with E-state index in [0.717, 1.165) is 16.4 Å². The molecule has 5 nitrogen and oxygen atoms in total. The van der Waals surface area contributed by atoms with Crippen LogP contribution in [0.15, 0.2) is 18.2 Å². The summed E-state index contributed by atoms with van der Waals surface area (Å²) in [6.07, 6.45) is -0.683. The lowest BCUT2D eigenvalue weighted by atomic mass is 10.0. The highest BCUT2D eigenvalue weighted by atomic mass is 32.2. The Morgan fingerprint density at radius 1 is 1.38 bits per heavy atom. The van der Waals surface area contributed by atoms with Crippen LogP contribution in [-0.4, -0.2) is 49.9 Å². The van der Waals surface area contributed by atoms with E-state index in [2.05, 4.69) is 0 Å². The van der Waals surface area contributed by atoms with E-state index in [0.29, 0.717) is 5.56 Å². The van der Waals surface area contributed by atoms with Crippen LogP contribution >= 0.6 is 0 Å². The third-order valence-electron chi connectivity index (χ3n) is 3.46. The van der Waals surface area contributed by atoms with Crippen molar-refractivity contribution < 1.29 is 27.0 Å². The van der Waals surface area contributed by atoms with Gasteiger partial charge in [-0.3, -0.25) is 0 Å². The molecule has 2 rings (SSSR count). The molecule has 21 heavy (non-hydrogen) atoms. The molecule has 0 saturated carbocycles. The van der Waals surface area contributed by atoms with Crippen LogP contribution < -0.4 is 0 Å². The van der Waals surface area contributed by atoms with Gasteiger partial charge in [-0.25, -0.2) is 17.2 Å². The third-order valence-corrected chi connectivity index (χ3v) is 5.27. The van der Waals surface area contributed by atoms with Crippen LogP contribution in [0.1, 0.15) is 18.0 Å². The van der Waals surface area contributed by atoms with E-state index >= 15 is 0 Å². The van der Waals surface area contributed by atoms with E-state index in [1.165, 1.54) is 13.2 Å². The zero-order valence-electron chi connectivity index (χ0n) is 11.5. The molecule has 1 aliphatic heterocycles. The number of aliphatic hydroxyl groups excluding tert-OH is 1. The van der Waals surface area contributed by atoms with E-state index in [9.17, 15) is 22.3 Å². The van der Waals surface area contributed by atoms with Gasteiger partial charge in [0.15, 0.2) is 11.6 Å². The van der Waals surface area contributed by atoms with Crippen LogP contribution in [0.25, 0.3) is 0 Å². The minimum atomic E-state index is -3.64. The van der Waals surface area contributed by atoms with E-state index in [1.807, 2.05) is 0 Å². The van der Waals surface area contributed by atoms with Crippen LogP contribution in [0.4, 0.5) is 8.78 Å². The molecule has 0 radical (unpaired) electrons. The van der Waals surface area contributed by atoms with Gasteiger partial charge in [0, 0.05) is 13.7 Å². The molecule has 1 heterocycles. The number of benzene rings is 1. The van der Waals surface area contributed by atoms with E-state index < -0.39 is 33.8 Å². The number of β-amino-alcohol motifs (C(OH)–C–C–N with tert-alkyl or cyclic N) is 1. The van der Waals surface area contributed by atoms with Gasteiger partial charge in [-0.2, -0.15) is 4.31 Å². The normalized spacial score (nSPS) is 23.6. The maximum absolute atomic E-state index is 13.3. The lowest BCUT2D eigenvalue weighted by Gasteiger charge is -2.24. The molecule has 2 atom stereocenters. The van der Waals surface area contributed by atoms with Crippen LogP contribution in [0.3, 0.4) is 0 Å². The highest BCUT2D eigenvalue weighted by molar-refractivity contribution is 7.89. The predicted molar refractivity (Wildman–Crippen MR) is 72.1 cm³/mol. The number of methoxy groups -OCH3 is 1. The molecule has 1 aliphatic rings. The second-order valence-corrected chi connectivity index (χ2v) is 7.00. The number of rotatable bonds is 5. The monoisotopic (exact) mass is 321 g/mol. The van der Waals surface area contributed by atoms with Crippen molar-refractivity contribution in [3.63, 3.8) is 0 Å². The number of hydrogen-bond acceptors (Lipinski definition) is 4. The maximum Gasteiger partial charge on any atom is 0.217 e. The summed E-state index contributed by atoms with van der Waals surface area (Å²) in [5.74, 6) is -2.26. The summed E-state index contributed by atoms with van der Waals surface area (Å²) in [4.78, 5) is 0. The quantitative estimate of drug-likeness (QED) is 0.880. The van der Waals surface area contributed by atoms with Crippen molar-refractivity contribution in [1.82, 2.24) is 4.31 Å². The van der Waals surface area contributed by atoms with Crippen molar-refractivity contribution in [1.29, 1.82) is 0 Å². The van der Waals surface area contributed by atoms with E-state index in [-0.39, 0.29) is 25.3 Å². The van der Waals surface area contributed by atoms with Crippen LogP contribution in [-0.2, 0) is 14.8 Å². The van der Waals surface area contributed by atoms with Crippen LogP contribution in [0.2, 0.25) is 0 Å². The zero-order valence-corrected chi connectivity index (χ0v) is 12.3. The number of halogens is 2. The van der Waals surface area contributed by atoms with Crippen molar-refractivity contribution in [3.8, 4) is 0 Å². The first-order valence-electron chi connectivity index (χ1n) is 6.46. The van der Waals surface area contributed by atoms with Crippen molar-refractivity contribution >= 4 is 10.0 Å². The van der Waals surface area contributed by atoms with Crippen LogP contribution in [0.5, 0.6) is 0 Å². The number of nitrogens with zero attached hydrogens (tertiary/aromatic N) is 1. The molecular weight excluding hydrogens is 304 g/mol. The standard InChI is InChI=1S/C13H17F2NO4S/c1-20-4-5-21(18,19)16-8-10(17)7-13(16)9-2-3-11(14)12(15)6-9/h2-3,6,10,13,17H,4-5,7-8H2,1H3/t10-,13+/m1/s1. The average molecular weight is 321 g/mol. The Balaban J connectivity index is 2.30. The Hall–Kier alpha value is -1.09. The number of hydrogen-bond donors (Lipinski definition) is 1. The van der Waals surface area contributed by atoms with Crippen molar-refractivity contribution in [2.45, 2.75) is 18.6 Å². The summed E-state index contributed by atoms with van der Waals surface area (Å²) in [5.41, 5.74) is 0.325. The van der Waals surface area contributed by atoms with E-state index in [1.54, 1.807) is 0 Å². The van der Waals surface area contributed by atoms with Gasteiger partial charge >= 0.3 is 0 Å². The lowest BCUT2D eigenvalue weighted by molar-refractivity contribution is 0.188. The van der Waals surface area contributed by atoms with Gasteiger partial charge in [-0.05, 0) is 24.1 Å². The molecule has 118 valence electrons. The lowest BCUT2D eigenvalue weighted by Crippen LogP contribution is -2.34. The Morgan fingerprint density at radius 2 is 2.10 bits per heavy atom. The molecule has 0 amide bonds. The summed E-state index contributed by atoms with van der Waals surface area (Å²) in [6, 6.07) is 2.56. The summed E-state index contributed by atoms with van der Waals surface area (Å²) in [7, 11) is -2.25. The number of aliphatic hydroxyl groups is 1. The summed E-state index contributed by atoms with van der Waals surface area (Å²) in [5, 5.41) is 9.74. The summed E-state index contributed by atoms with van der Waals surface area (Å²) < 4.78 is 56.7. The second-order valence-electron chi connectivity index (χ2n) is 4.96. The Morgan fingerprint density at radius 3 is 2.71 bits per heavy atom. The molecule has 0 spiro atoms. The van der Waals surface area contributed by atoms with Crippen molar-refractivity contribution in [3.05, 3.63) is 35.4 Å². The zero-order chi connectivity index (χ0) is 15.6. The fourth-order valence-corrected chi connectivity index (χ4v) is 4.03. The van der Waals surface area contributed by atoms with E-state index in [4.69, 9.17) is 4.74 Å². The molecule has 0 bridgehead atoms. The van der Waals surface area contributed by atoms with Gasteiger partial charge in [0.05, 0.1) is 24.5 Å². The molecule has 1 fully saturated rings.